The highest BCUT2D eigenvalue weighted by Gasteiger charge is 2.17. The van der Waals surface area contributed by atoms with Gasteiger partial charge in [0.1, 0.15) is 0 Å². The lowest BCUT2D eigenvalue weighted by atomic mass is 10.3. The third kappa shape index (κ3) is 8.12. The van der Waals surface area contributed by atoms with Gasteiger partial charge in [-0.3, -0.25) is 14.6 Å². The molecule has 0 aromatic rings. The molecule has 0 aromatic heterocycles. The van der Waals surface area contributed by atoms with Crippen LogP contribution >= 0.6 is 0 Å². The Hall–Kier alpha value is -0.650. The highest BCUT2D eigenvalue weighted by molar-refractivity contribution is 5.77. The molecule has 0 bridgehead atoms. The van der Waals surface area contributed by atoms with E-state index in [1.54, 1.807) is 7.05 Å². The molecule has 1 aliphatic heterocycles. The lowest BCUT2D eigenvalue weighted by Gasteiger charge is -2.33. The lowest BCUT2D eigenvalue weighted by molar-refractivity contribution is -0.122. The Bertz CT molecular complexity index is 192. The fraction of sp³-hybridized carbons (Fsp3) is 0.917. The van der Waals surface area contributed by atoms with Gasteiger partial charge in [0.15, 0.2) is 0 Å². The van der Waals surface area contributed by atoms with E-state index in [1.807, 2.05) is 0 Å². The minimum atomic E-state index is 0.0700. The minimum absolute atomic E-state index is 0.0700. The molecule has 0 aromatic carbocycles. The van der Waals surface area contributed by atoms with Crippen molar-refractivity contribution >= 4 is 5.91 Å². The Morgan fingerprint density at radius 3 is 2.06 bits per heavy atom. The smallest absolute Gasteiger partial charge is 0.233 e. The van der Waals surface area contributed by atoms with E-state index in [1.165, 1.54) is 6.42 Å². The number of likely N-dealkylation sites (N-methyl/N-ethyl adjacent to an activating group) is 1. The molecule has 0 unspecified atom stereocenters. The number of piperazine rings is 1. The predicted molar refractivity (Wildman–Crippen MR) is 70.0 cm³/mol. The fourth-order valence-electron chi connectivity index (χ4n) is 1.59. The molecule has 1 saturated heterocycles. The van der Waals surface area contributed by atoms with Crippen molar-refractivity contribution in [3.05, 3.63) is 0 Å². The van der Waals surface area contributed by atoms with Gasteiger partial charge in [0.2, 0.25) is 5.91 Å². The molecule has 102 valence electrons. The largest absolute Gasteiger partial charge is 0.395 e. The number of carbonyl (C=O) groups is 1. The monoisotopic (exact) mass is 245 g/mol. The van der Waals surface area contributed by atoms with Gasteiger partial charge in [-0.25, -0.2) is 0 Å². The van der Waals surface area contributed by atoms with E-state index in [0.717, 1.165) is 32.7 Å². The summed E-state index contributed by atoms with van der Waals surface area (Å²) in [6.45, 7) is 9.41. The average molecular weight is 245 g/mol. The Kier molecular flexibility index (Phi) is 10.1. The summed E-state index contributed by atoms with van der Waals surface area (Å²) in [5.41, 5.74) is 0. The van der Waals surface area contributed by atoms with Crippen molar-refractivity contribution in [2.75, 3.05) is 52.9 Å². The van der Waals surface area contributed by atoms with Gasteiger partial charge in [0.25, 0.3) is 0 Å². The second-order valence-electron chi connectivity index (χ2n) is 4.22. The van der Waals surface area contributed by atoms with E-state index < -0.39 is 0 Å². The number of amides is 1. The number of nitrogens with one attached hydrogen (secondary N) is 1. The third-order valence-corrected chi connectivity index (χ3v) is 2.53. The quantitative estimate of drug-likeness (QED) is 0.718. The first-order chi connectivity index (χ1) is 8.17. The van der Waals surface area contributed by atoms with E-state index in [-0.39, 0.29) is 12.5 Å². The fourth-order valence-corrected chi connectivity index (χ4v) is 1.59. The van der Waals surface area contributed by atoms with Crippen LogP contribution in [-0.2, 0) is 4.79 Å². The predicted octanol–water partition coefficient (Wildman–Crippen LogP) is -0.241. The van der Waals surface area contributed by atoms with Gasteiger partial charge in [0.05, 0.1) is 13.2 Å². The molecule has 1 fully saturated rings. The number of nitrogens with zero attached hydrogens (tertiary/aromatic N) is 2. The summed E-state index contributed by atoms with van der Waals surface area (Å²) in [5.74, 6) is 0.0700. The first-order valence-corrected chi connectivity index (χ1v) is 6.44. The lowest BCUT2D eigenvalue weighted by Crippen LogP contribution is -2.49. The van der Waals surface area contributed by atoms with Crippen molar-refractivity contribution < 1.29 is 9.90 Å². The standard InChI is InChI=1S/C9H19N3O2.C3H8/c1-10-9(14)8-12-4-2-11(3-5-12)6-7-13;1-3-2/h13H,2-8H2,1H3,(H,10,14);3H2,1-2H3. The van der Waals surface area contributed by atoms with E-state index in [9.17, 15) is 4.79 Å². The van der Waals surface area contributed by atoms with Gasteiger partial charge >= 0.3 is 0 Å². The van der Waals surface area contributed by atoms with Crippen molar-refractivity contribution in [3.63, 3.8) is 0 Å². The Labute approximate surface area is 105 Å². The normalized spacial score (nSPS) is 17.2. The molecule has 5 heteroatoms. The molecule has 0 radical (unpaired) electrons. The number of carbonyl (C=O) groups excluding carboxylic acids is 1. The number of hydrogen-bond acceptors (Lipinski definition) is 4. The van der Waals surface area contributed by atoms with Gasteiger partial charge in [-0.15, -0.1) is 0 Å². The molecular weight excluding hydrogens is 218 g/mol. The van der Waals surface area contributed by atoms with Crippen molar-refractivity contribution in [1.29, 1.82) is 0 Å². The topological polar surface area (TPSA) is 55.8 Å². The summed E-state index contributed by atoms with van der Waals surface area (Å²) in [6.07, 6.45) is 1.25. The Balaban J connectivity index is 0.000000770. The highest BCUT2D eigenvalue weighted by atomic mass is 16.3. The van der Waals surface area contributed by atoms with Crippen molar-refractivity contribution in [3.8, 4) is 0 Å². The minimum Gasteiger partial charge on any atom is -0.395 e. The van der Waals surface area contributed by atoms with Crippen LogP contribution in [0.25, 0.3) is 0 Å². The van der Waals surface area contributed by atoms with E-state index in [4.69, 9.17) is 5.11 Å². The van der Waals surface area contributed by atoms with Crippen LogP contribution in [0.5, 0.6) is 0 Å². The first kappa shape index (κ1) is 16.4. The molecule has 0 aliphatic carbocycles. The molecule has 17 heavy (non-hydrogen) atoms. The second kappa shape index (κ2) is 10.5. The maximum absolute atomic E-state index is 11.1. The average Bonchev–Trinajstić information content (AvgIpc) is 2.33. The van der Waals surface area contributed by atoms with Crippen LogP contribution in [0.4, 0.5) is 0 Å². The third-order valence-electron chi connectivity index (χ3n) is 2.53. The zero-order chi connectivity index (χ0) is 13.1. The SMILES string of the molecule is CCC.CNC(=O)CN1CCN(CCO)CC1. The molecule has 1 aliphatic rings. The van der Waals surface area contributed by atoms with Gasteiger partial charge in [-0.2, -0.15) is 0 Å². The van der Waals surface area contributed by atoms with Crippen LogP contribution in [-0.4, -0.2) is 73.7 Å². The second-order valence-corrected chi connectivity index (χ2v) is 4.22. The van der Waals surface area contributed by atoms with Gasteiger partial charge in [-0.1, -0.05) is 20.3 Å². The zero-order valence-electron chi connectivity index (χ0n) is 11.4. The number of β-amino-alcohol motifs (C(OH)–C–C–N with tert-alkyl or cyclic N) is 1. The molecule has 1 rings (SSSR count). The van der Waals surface area contributed by atoms with E-state index in [2.05, 4.69) is 29.0 Å². The zero-order valence-corrected chi connectivity index (χ0v) is 11.4. The van der Waals surface area contributed by atoms with Gasteiger partial charge in [-0.05, 0) is 0 Å². The van der Waals surface area contributed by atoms with Gasteiger partial charge < -0.3 is 10.4 Å². The summed E-state index contributed by atoms with van der Waals surface area (Å²) in [7, 11) is 1.66. The van der Waals surface area contributed by atoms with Crippen LogP contribution < -0.4 is 5.32 Å². The molecule has 1 heterocycles. The number of aliphatic hydroxyl groups excluding tert-OH is 1. The summed E-state index contributed by atoms with van der Waals surface area (Å²) in [4.78, 5) is 15.4. The van der Waals surface area contributed by atoms with Crippen LogP contribution in [0.2, 0.25) is 0 Å². The molecule has 0 saturated carbocycles. The van der Waals surface area contributed by atoms with Crippen LogP contribution in [0, 0.1) is 0 Å². The number of hydrogen-bond donors (Lipinski definition) is 2. The van der Waals surface area contributed by atoms with Crippen molar-refractivity contribution in [1.82, 2.24) is 15.1 Å². The summed E-state index contributed by atoms with van der Waals surface area (Å²) in [5, 5.41) is 11.4. The van der Waals surface area contributed by atoms with Gasteiger partial charge in [0, 0.05) is 39.8 Å². The summed E-state index contributed by atoms with van der Waals surface area (Å²) >= 11 is 0. The van der Waals surface area contributed by atoms with Crippen LogP contribution in [0.1, 0.15) is 20.3 Å². The summed E-state index contributed by atoms with van der Waals surface area (Å²) < 4.78 is 0. The molecule has 5 nitrogen and oxygen atoms in total. The maximum Gasteiger partial charge on any atom is 0.233 e. The maximum atomic E-state index is 11.1. The van der Waals surface area contributed by atoms with Crippen molar-refractivity contribution in [2.24, 2.45) is 0 Å². The highest BCUT2D eigenvalue weighted by Crippen LogP contribution is 2.00. The molecule has 0 spiro atoms. The van der Waals surface area contributed by atoms with Crippen molar-refractivity contribution in [2.45, 2.75) is 20.3 Å². The molecule has 0 atom stereocenters. The molecular formula is C12H27N3O2. The molecule has 1 amide bonds. The molecule has 2 N–H and O–H groups in total. The Morgan fingerprint density at radius 1 is 1.18 bits per heavy atom. The van der Waals surface area contributed by atoms with E-state index >= 15 is 0 Å². The Morgan fingerprint density at radius 2 is 1.65 bits per heavy atom. The van der Waals surface area contributed by atoms with E-state index in [0.29, 0.717) is 6.54 Å². The first-order valence-electron chi connectivity index (χ1n) is 6.44. The number of rotatable bonds is 4. The van der Waals surface area contributed by atoms with Crippen LogP contribution in [0.3, 0.4) is 0 Å². The number of aliphatic hydroxyl groups is 1. The summed E-state index contributed by atoms with van der Waals surface area (Å²) in [6, 6.07) is 0. The van der Waals surface area contributed by atoms with Crippen LogP contribution in [0.15, 0.2) is 0 Å².